The Morgan fingerprint density at radius 2 is 1.38 bits per heavy atom. The lowest BCUT2D eigenvalue weighted by Crippen LogP contribution is -2.57. The Labute approximate surface area is 237 Å². The van der Waals surface area contributed by atoms with Gasteiger partial charge in [-0.2, -0.15) is 11.8 Å². The molecule has 12 heteroatoms. The summed E-state index contributed by atoms with van der Waals surface area (Å²) in [5, 5.41) is 40.0. The van der Waals surface area contributed by atoms with Crippen molar-refractivity contribution in [3.63, 3.8) is 0 Å². The number of nitrogens with one attached hydrogen (secondary N) is 4. The Kier molecular flexibility index (Phi) is 11.6. The number of amides is 3. The minimum atomic E-state index is -1.26. The van der Waals surface area contributed by atoms with Gasteiger partial charge in [-0.3, -0.25) is 14.4 Å². The number of carbonyl (C=O) groups is 4. The van der Waals surface area contributed by atoms with Crippen LogP contribution >= 0.6 is 11.8 Å². The predicted molar refractivity (Wildman–Crippen MR) is 151 cm³/mol. The molecular formula is C28H36N4O7S. The summed E-state index contributed by atoms with van der Waals surface area (Å²) in [4.78, 5) is 51.5. The number of aliphatic carboxylic acids is 1. The summed E-state index contributed by atoms with van der Waals surface area (Å²) in [5.41, 5.74) is 1.30. The van der Waals surface area contributed by atoms with Crippen LogP contribution in [0.4, 0.5) is 0 Å². The second-order valence-electron chi connectivity index (χ2n) is 9.69. The molecule has 4 atom stereocenters. The van der Waals surface area contributed by atoms with Gasteiger partial charge in [-0.25, -0.2) is 4.79 Å². The summed E-state index contributed by atoms with van der Waals surface area (Å²) in [6.45, 7) is 0.707. The van der Waals surface area contributed by atoms with E-state index >= 15 is 0 Å². The topological polar surface area (TPSA) is 177 Å². The van der Waals surface area contributed by atoms with Gasteiger partial charge in [-0.15, -0.1) is 0 Å². The molecular weight excluding hydrogens is 536 g/mol. The minimum absolute atomic E-state index is 0.0154. The highest BCUT2D eigenvalue weighted by atomic mass is 32.2. The van der Waals surface area contributed by atoms with E-state index in [0.29, 0.717) is 29.8 Å². The Hall–Kier alpha value is -3.77. The van der Waals surface area contributed by atoms with Crippen LogP contribution in [-0.4, -0.2) is 81.7 Å². The third kappa shape index (κ3) is 9.45. The normalized spacial score (nSPS) is 16.9. The van der Waals surface area contributed by atoms with E-state index in [9.17, 15) is 34.5 Å². The first-order valence-electron chi connectivity index (χ1n) is 13.1. The van der Waals surface area contributed by atoms with Gasteiger partial charge in [0.25, 0.3) is 0 Å². The van der Waals surface area contributed by atoms with E-state index < -0.39 is 42.0 Å². The van der Waals surface area contributed by atoms with E-state index in [1.54, 1.807) is 24.3 Å². The molecule has 4 unspecified atom stereocenters. The number of benzene rings is 2. The smallest absolute Gasteiger partial charge is 0.326 e. The first kappa shape index (κ1) is 30.8. The van der Waals surface area contributed by atoms with Crippen LogP contribution in [0.2, 0.25) is 0 Å². The van der Waals surface area contributed by atoms with Gasteiger partial charge in [0.15, 0.2) is 0 Å². The number of phenolic OH excluding ortho intramolecular Hbond substituents is 2. The fourth-order valence-corrected chi connectivity index (χ4v) is 4.85. The average Bonchev–Trinajstić information content (AvgIpc) is 3.48. The van der Waals surface area contributed by atoms with Crippen molar-refractivity contribution in [2.75, 3.05) is 18.6 Å². The summed E-state index contributed by atoms with van der Waals surface area (Å²) < 4.78 is 0. The number of thioether (sulfide) groups is 1. The molecule has 0 bridgehead atoms. The van der Waals surface area contributed by atoms with Crippen LogP contribution < -0.4 is 21.3 Å². The van der Waals surface area contributed by atoms with Gasteiger partial charge in [0, 0.05) is 12.8 Å². The molecule has 7 N–H and O–H groups in total. The lowest BCUT2D eigenvalue weighted by molar-refractivity contribution is -0.142. The van der Waals surface area contributed by atoms with E-state index in [1.807, 2.05) is 6.26 Å². The first-order valence-corrected chi connectivity index (χ1v) is 14.5. The summed E-state index contributed by atoms with van der Waals surface area (Å²) in [6.07, 6.45) is 3.70. The van der Waals surface area contributed by atoms with Gasteiger partial charge < -0.3 is 36.6 Å². The van der Waals surface area contributed by atoms with Crippen molar-refractivity contribution in [3.8, 4) is 11.5 Å². The highest BCUT2D eigenvalue weighted by molar-refractivity contribution is 7.98. The average molecular weight is 573 g/mol. The molecule has 1 heterocycles. The zero-order valence-electron chi connectivity index (χ0n) is 22.3. The molecule has 0 saturated carbocycles. The van der Waals surface area contributed by atoms with Crippen LogP contribution in [-0.2, 0) is 32.0 Å². The van der Waals surface area contributed by atoms with Gasteiger partial charge in [-0.1, -0.05) is 24.3 Å². The number of carboxylic acid groups (broad SMARTS) is 1. The van der Waals surface area contributed by atoms with E-state index in [4.69, 9.17) is 0 Å². The van der Waals surface area contributed by atoms with E-state index in [-0.39, 0.29) is 36.7 Å². The van der Waals surface area contributed by atoms with Crippen LogP contribution in [0.3, 0.4) is 0 Å². The van der Waals surface area contributed by atoms with Gasteiger partial charge in [0.05, 0.1) is 6.04 Å². The van der Waals surface area contributed by atoms with Crippen LogP contribution in [0, 0.1) is 0 Å². The number of hydrogen-bond acceptors (Lipinski definition) is 8. The molecule has 216 valence electrons. The summed E-state index contributed by atoms with van der Waals surface area (Å²) in [6, 6.07) is 8.56. The molecule has 1 aliphatic rings. The highest BCUT2D eigenvalue weighted by Crippen LogP contribution is 2.14. The van der Waals surface area contributed by atoms with Gasteiger partial charge in [0.2, 0.25) is 17.7 Å². The van der Waals surface area contributed by atoms with E-state index in [1.165, 1.54) is 36.0 Å². The second-order valence-corrected chi connectivity index (χ2v) is 10.7. The summed E-state index contributed by atoms with van der Waals surface area (Å²) in [7, 11) is 0. The van der Waals surface area contributed by atoms with Crippen molar-refractivity contribution in [3.05, 3.63) is 59.7 Å². The highest BCUT2D eigenvalue weighted by Gasteiger charge is 2.31. The third-order valence-corrected chi connectivity index (χ3v) is 7.26. The molecule has 2 aromatic rings. The molecule has 0 aliphatic carbocycles. The Balaban J connectivity index is 1.74. The fraction of sp³-hybridized carbons (Fsp3) is 0.429. The van der Waals surface area contributed by atoms with Crippen LogP contribution in [0.25, 0.3) is 0 Å². The first-order chi connectivity index (χ1) is 19.2. The molecule has 2 aromatic carbocycles. The number of carbonyl (C=O) groups excluding carboxylic acids is 3. The van der Waals surface area contributed by atoms with Gasteiger partial charge in [0.1, 0.15) is 29.6 Å². The quantitative estimate of drug-likeness (QED) is 0.174. The Bertz CT molecular complexity index is 1150. The standard InChI is InChI=1S/C28H36N4O7S/c1-40-14-12-22(26(36)32-24(28(38)39)16-18-6-10-20(34)11-7-18)30-27(37)23(15-17-4-8-19(33)9-5-17)31-25(35)21-3-2-13-29-21/h4-11,21-24,29,33-34H,2-3,12-16H2,1H3,(H,30,37)(H,31,35)(H,32,36)(H,38,39). The fourth-order valence-electron chi connectivity index (χ4n) is 4.37. The zero-order chi connectivity index (χ0) is 29.1. The molecule has 3 rings (SSSR count). The lowest BCUT2D eigenvalue weighted by atomic mass is 10.0. The molecule has 0 radical (unpaired) electrons. The molecule has 1 fully saturated rings. The molecule has 3 amide bonds. The number of aromatic hydroxyl groups is 2. The van der Waals surface area contributed by atoms with Crippen molar-refractivity contribution >= 4 is 35.5 Å². The third-order valence-electron chi connectivity index (χ3n) is 6.62. The maximum atomic E-state index is 13.5. The zero-order valence-corrected chi connectivity index (χ0v) is 23.1. The Morgan fingerprint density at radius 1 is 0.850 bits per heavy atom. The molecule has 11 nitrogen and oxygen atoms in total. The summed E-state index contributed by atoms with van der Waals surface area (Å²) in [5.74, 6) is -2.16. The van der Waals surface area contributed by atoms with Crippen LogP contribution in [0.15, 0.2) is 48.5 Å². The minimum Gasteiger partial charge on any atom is -0.508 e. The van der Waals surface area contributed by atoms with Crippen molar-refractivity contribution in [2.45, 2.75) is 56.3 Å². The van der Waals surface area contributed by atoms with Crippen molar-refractivity contribution < 1.29 is 34.5 Å². The Morgan fingerprint density at radius 3 is 1.88 bits per heavy atom. The number of phenols is 2. The van der Waals surface area contributed by atoms with Crippen LogP contribution in [0.1, 0.15) is 30.4 Å². The van der Waals surface area contributed by atoms with Crippen molar-refractivity contribution in [1.29, 1.82) is 0 Å². The molecule has 40 heavy (non-hydrogen) atoms. The summed E-state index contributed by atoms with van der Waals surface area (Å²) >= 11 is 1.47. The SMILES string of the molecule is CSCCC(NC(=O)C(Cc1ccc(O)cc1)NC(=O)C1CCCN1)C(=O)NC(Cc1ccc(O)cc1)C(=O)O. The molecule has 0 spiro atoms. The largest absolute Gasteiger partial charge is 0.508 e. The number of rotatable bonds is 14. The maximum absolute atomic E-state index is 13.5. The molecule has 1 saturated heterocycles. The lowest BCUT2D eigenvalue weighted by Gasteiger charge is -2.25. The van der Waals surface area contributed by atoms with Gasteiger partial charge in [-0.05, 0) is 73.2 Å². The molecule has 1 aliphatic heterocycles. The monoisotopic (exact) mass is 572 g/mol. The number of carboxylic acids is 1. The van der Waals surface area contributed by atoms with Crippen molar-refractivity contribution in [2.24, 2.45) is 0 Å². The number of hydrogen-bond donors (Lipinski definition) is 7. The molecule has 0 aromatic heterocycles. The second kappa shape index (κ2) is 15.1. The van der Waals surface area contributed by atoms with Crippen LogP contribution in [0.5, 0.6) is 11.5 Å². The van der Waals surface area contributed by atoms with E-state index in [2.05, 4.69) is 21.3 Å². The maximum Gasteiger partial charge on any atom is 0.326 e. The van der Waals surface area contributed by atoms with Gasteiger partial charge >= 0.3 is 5.97 Å². The van der Waals surface area contributed by atoms with Crippen molar-refractivity contribution in [1.82, 2.24) is 21.3 Å². The predicted octanol–water partition coefficient (Wildman–Crippen LogP) is 0.927. The van der Waals surface area contributed by atoms with E-state index in [0.717, 1.165) is 6.42 Å².